The molecular weight excluding hydrogens is 390 g/mol. The van der Waals surface area contributed by atoms with Crippen LogP contribution in [-0.4, -0.2) is 66.9 Å². The standard InChI is InChI=1S/C21H25N3O4S/c25-17(14-23-10-12-28-13-11-23)15-24-20-9-5-4-8-19(20)22-21(24)16-29(26,27)18-6-2-1-3-7-18/h1-9,17,25H,10-16H2. The molecule has 3 aromatic rings. The molecule has 1 N–H and O–H groups in total. The molecule has 2 aromatic carbocycles. The monoisotopic (exact) mass is 415 g/mol. The minimum absolute atomic E-state index is 0.212. The molecule has 2 heterocycles. The van der Waals surface area contributed by atoms with Crippen molar-refractivity contribution in [3.8, 4) is 0 Å². The molecule has 0 amide bonds. The van der Waals surface area contributed by atoms with E-state index in [4.69, 9.17) is 4.74 Å². The Kier molecular flexibility index (Phi) is 5.96. The SMILES string of the molecule is O=S(=O)(Cc1nc2ccccc2n1CC(O)CN1CCOCC1)c1ccccc1. The van der Waals surface area contributed by atoms with Gasteiger partial charge in [0.15, 0.2) is 9.84 Å². The normalized spacial score (nSPS) is 16.9. The van der Waals surface area contributed by atoms with E-state index in [1.54, 1.807) is 30.3 Å². The molecule has 1 aromatic heterocycles. The number of fused-ring (bicyclic) bond motifs is 1. The molecule has 8 heteroatoms. The Bertz CT molecular complexity index is 1060. The minimum atomic E-state index is -3.54. The van der Waals surface area contributed by atoms with Crippen molar-refractivity contribution in [3.63, 3.8) is 0 Å². The van der Waals surface area contributed by atoms with Gasteiger partial charge in [0.05, 0.1) is 41.8 Å². The lowest BCUT2D eigenvalue weighted by Crippen LogP contribution is -2.42. The molecule has 7 nitrogen and oxygen atoms in total. The zero-order chi connectivity index (χ0) is 20.3. The van der Waals surface area contributed by atoms with Gasteiger partial charge in [-0.1, -0.05) is 30.3 Å². The fraction of sp³-hybridized carbons (Fsp3) is 0.381. The van der Waals surface area contributed by atoms with E-state index in [-0.39, 0.29) is 17.2 Å². The van der Waals surface area contributed by atoms with Crippen LogP contribution in [0.3, 0.4) is 0 Å². The quantitative estimate of drug-likeness (QED) is 0.632. The van der Waals surface area contributed by atoms with Crippen LogP contribution in [0.1, 0.15) is 5.82 Å². The predicted octanol–water partition coefficient (Wildman–Crippen LogP) is 1.70. The van der Waals surface area contributed by atoms with Gasteiger partial charge >= 0.3 is 0 Å². The summed E-state index contributed by atoms with van der Waals surface area (Å²) in [6, 6.07) is 15.9. The first-order chi connectivity index (χ1) is 14.0. The number of sulfone groups is 1. The van der Waals surface area contributed by atoms with Gasteiger partial charge in [-0.05, 0) is 24.3 Å². The molecular formula is C21H25N3O4S. The highest BCUT2D eigenvalue weighted by Crippen LogP contribution is 2.21. The molecule has 4 rings (SSSR count). The van der Waals surface area contributed by atoms with E-state index in [1.165, 1.54) is 0 Å². The van der Waals surface area contributed by atoms with Crippen LogP contribution < -0.4 is 0 Å². The van der Waals surface area contributed by atoms with Crippen molar-refractivity contribution >= 4 is 20.9 Å². The molecule has 1 aliphatic rings. The van der Waals surface area contributed by atoms with E-state index in [0.29, 0.717) is 25.6 Å². The van der Waals surface area contributed by atoms with Crippen LogP contribution in [0.2, 0.25) is 0 Å². The van der Waals surface area contributed by atoms with E-state index >= 15 is 0 Å². The maximum Gasteiger partial charge on any atom is 0.185 e. The highest BCUT2D eigenvalue weighted by molar-refractivity contribution is 7.90. The van der Waals surface area contributed by atoms with Crippen LogP contribution >= 0.6 is 0 Å². The molecule has 1 aliphatic heterocycles. The van der Waals surface area contributed by atoms with Crippen molar-refractivity contribution in [1.29, 1.82) is 0 Å². The Balaban J connectivity index is 1.60. The molecule has 1 unspecified atom stereocenters. The third-order valence-electron chi connectivity index (χ3n) is 5.12. The average Bonchev–Trinajstić information content (AvgIpc) is 3.06. The number of hydrogen-bond donors (Lipinski definition) is 1. The van der Waals surface area contributed by atoms with Gasteiger partial charge in [-0.3, -0.25) is 4.90 Å². The number of aliphatic hydroxyl groups is 1. The summed E-state index contributed by atoms with van der Waals surface area (Å²) in [7, 11) is -3.54. The summed E-state index contributed by atoms with van der Waals surface area (Å²) in [6.45, 7) is 3.72. The summed E-state index contributed by atoms with van der Waals surface area (Å²) in [6.07, 6.45) is -0.635. The van der Waals surface area contributed by atoms with E-state index in [1.807, 2.05) is 28.8 Å². The maximum atomic E-state index is 12.9. The molecule has 0 radical (unpaired) electrons. The number of aliphatic hydroxyl groups excluding tert-OH is 1. The number of para-hydroxylation sites is 2. The number of imidazole rings is 1. The predicted molar refractivity (Wildman–Crippen MR) is 110 cm³/mol. The topological polar surface area (TPSA) is 84.7 Å². The highest BCUT2D eigenvalue weighted by atomic mass is 32.2. The van der Waals surface area contributed by atoms with E-state index in [9.17, 15) is 13.5 Å². The second kappa shape index (κ2) is 8.62. The Morgan fingerprint density at radius 1 is 1.00 bits per heavy atom. The number of rotatable bonds is 7. The number of β-amino-alcohol motifs (C(OH)–C–C–N with tert-alkyl or cyclic N) is 1. The van der Waals surface area contributed by atoms with Crippen molar-refractivity contribution in [2.45, 2.75) is 23.3 Å². The average molecular weight is 416 g/mol. The molecule has 0 spiro atoms. The molecule has 1 atom stereocenters. The van der Waals surface area contributed by atoms with Crippen molar-refractivity contribution in [2.24, 2.45) is 0 Å². The summed E-state index contributed by atoms with van der Waals surface area (Å²) in [5, 5.41) is 10.7. The second-order valence-corrected chi connectivity index (χ2v) is 9.26. The van der Waals surface area contributed by atoms with Crippen molar-refractivity contribution in [2.75, 3.05) is 32.8 Å². The molecule has 1 saturated heterocycles. The summed E-state index contributed by atoms with van der Waals surface area (Å²) in [5.74, 6) is 0.228. The first-order valence-electron chi connectivity index (χ1n) is 9.73. The van der Waals surface area contributed by atoms with E-state index in [2.05, 4.69) is 9.88 Å². The molecule has 0 saturated carbocycles. The lowest BCUT2D eigenvalue weighted by atomic mass is 10.2. The van der Waals surface area contributed by atoms with Gasteiger partial charge in [0.1, 0.15) is 11.6 Å². The van der Waals surface area contributed by atoms with Crippen LogP contribution in [0.25, 0.3) is 11.0 Å². The van der Waals surface area contributed by atoms with E-state index < -0.39 is 15.9 Å². The third kappa shape index (κ3) is 4.67. The fourth-order valence-corrected chi connectivity index (χ4v) is 4.97. The van der Waals surface area contributed by atoms with Gasteiger partial charge in [0.25, 0.3) is 0 Å². The zero-order valence-corrected chi connectivity index (χ0v) is 17.0. The number of aromatic nitrogens is 2. The fourth-order valence-electron chi connectivity index (χ4n) is 3.67. The zero-order valence-electron chi connectivity index (χ0n) is 16.1. The summed E-state index contributed by atoms with van der Waals surface area (Å²) in [4.78, 5) is 6.99. The number of morpholine rings is 1. The largest absolute Gasteiger partial charge is 0.390 e. The van der Waals surface area contributed by atoms with E-state index in [0.717, 1.165) is 24.1 Å². The smallest absolute Gasteiger partial charge is 0.185 e. The first kappa shape index (κ1) is 20.0. The van der Waals surface area contributed by atoms with Crippen molar-refractivity contribution in [3.05, 3.63) is 60.4 Å². The van der Waals surface area contributed by atoms with Crippen LogP contribution in [0.4, 0.5) is 0 Å². The molecule has 0 bridgehead atoms. The van der Waals surface area contributed by atoms with Crippen molar-refractivity contribution < 1.29 is 18.3 Å². The minimum Gasteiger partial charge on any atom is -0.390 e. The second-order valence-electron chi connectivity index (χ2n) is 7.27. The summed E-state index contributed by atoms with van der Waals surface area (Å²) in [5.41, 5.74) is 1.55. The Morgan fingerprint density at radius 3 is 2.45 bits per heavy atom. The van der Waals surface area contributed by atoms with Gasteiger partial charge in [-0.2, -0.15) is 0 Å². The molecule has 29 heavy (non-hydrogen) atoms. The summed E-state index contributed by atoms with van der Waals surface area (Å²) >= 11 is 0. The Hall–Kier alpha value is -2.26. The molecule has 1 fully saturated rings. The lowest BCUT2D eigenvalue weighted by Gasteiger charge is -2.28. The number of benzene rings is 2. The maximum absolute atomic E-state index is 12.9. The highest BCUT2D eigenvalue weighted by Gasteiger charge is 2.23. The van der Waals surface area contributed by atoms with Crippen LogP contribution in [0.15, 0.2) is 59.5 Å². The Morgan fingerprint density at radius 2 is 1.69 bits per heavy atom. The lowest BCUT2D eigenvalue weighted by molar-refractivity contribution is 0.0116. The van der Waals surface area contributed by atoms with Gasteiger partial charge in [-0.15, -0.1) is 0 Å². The Labute approximate surface area is 170 Å². The summed E-state index contributed by atoms with van der Waals surface area (Å²) < 4.78 is 33.0. The number of ether oxygens (including phenoxy) is 1. The number of hydrogen-bond acceptors (Lipinski definition) is 6. The van der Waals surface area contributed by atoms with Gasteiger partial charge in [-0.25, -0.2) is 13.4 Å². The van der Waals surface area contributed by atoms with Gasteiger partial charge < -0.3 is 14.4 Å². The number of nitrogens with zero attached hydrogens (tertiary/aromatic N) is 3. The van der Waals surface area contributed by atoms with Crippen LogP contribution in [0, 0.1) is 0 Å². The molecule has 154 valence electrons. The van der Waals surface area contributed by atoms with Gasteiger partial charge in [0.2, 0.25) is 0 Å². The third-order valence-corrected chi connectivity index (χ3v) is 6.75. The van der Waals surface area contributed by atoms with Crippen LogP contribution in [-0.2, 0) is 26.9 Å². The van der Waals surface area contributed by atoms with Crippen LogP contribution in [0.5, 0.6) is 0 Å². The first-order valence-corrected chi connectivity index (χ1v) is 11.4. The molecule has 0 aliphatic carbocycles. The van der Waals surface area contributed by atoms with Crippen molar-refractivity contribution in [1.82, 2.24) is 14.5 Å². The van der Waals surface area contributed by atoms with Gasteiger partial charge in [0, 0.05) is 19.6 Å².